The molecule has 4 rings (SSSR count). The summed E-state index contributed by atoms with van der Waals surface area (Å²) in [5.74, 6) is -0.114. The predicted molar refractivity (Wildman–Crippen MR) is 92.7 cm³/mol. The number of carbonyl (C=O) groups excluding carboxylic acids is 2. The smallest absolute Gasteiger partial charge is 0.254 e. The van der Waals surface area contributed by atoms with E-state index in [1.165, 1.54) is 0 Å². The molecule has 2 aromatic rings. The minimum absolute atomic E-state index is 0.00963. The fraction of sp³-hybridized carbons (Fsp3) is 0.471. The minimum atomic E-state index is -0.664. The number of aromatic amines is 1. The first-order valence-corrected chi connectivity index (χ1v) is 8.54. The van der Waals surface area contributed by atoms with E-state index in [0.717, 1.165) is 23.7 Å². The highest BCUT2D eigenvalue weighted by Gasteiger charge is 2.54. The van der Waals surface area contributed by atoms with Crippen LogP contribution in [0, 0.1) is 0 Å². The molecule has 0 bridgehead atoms. The van der Waals surface area contributed by atoms with Crippen molar-refractivity contribution in [2.45, 2.75) is 24.4 Å². The van der Waals surface area contributed by atoms with Crippen LogP contribution in [-0.4, -0.2) is 69.6 Å². The maximum absolute atomic E-state index is 12.9. The number of nitrogens with two attached hydrogens (primary N) is 2. The van der Waals surface area contributed by atoms with E-state index in [2.05, 4.69) is 10.2 Å². The number of nitrogens with zero attached hydrogens (tertiary/aromatic N) is 3. The third-order valence-corrected chi connectivity index (χ3v) is 5.29. The lowest BCUT2D eigenvalue weighted by molar-refractivity contribution is -0.138. The van der Waals surface area contributed by atoms with Gasteiger partial charge >= 0.3 is 0 Å². The Morgan fingerprint density at radius 2 is 2.12 bits per heavy atom. The van der Waals surface area contributed by atoms with Crippen LogP contribution >= 0.6 is 0 Å². The van der Waals surface area contributed by atoms with Gasteiger partial charge in [0, 0.05) is 37.1 Å². The molecule has 8 heteroatoms. The molecule has 0 radical (unpaired) electrons. The largest absolute Gasteiger partial charge is 0.335 e. The number of fused-ring (bicyclic) bond motifs is 1. The maximum Gasteiger partial charge on any atom is 0.254 e. The van der Waals surface area contributed by atoms with Crippen LogP contribution < -0.4 is 11.5 Å². The van der Waals surface area contributed by atoms with Crippen LogP contribution in [0.15, 0.2) is 24.4 Å². The molecule has 132 valence electrons. The number of nitrogens with one attached hydrogen (secondary N) is 1. The van der Waals surface area contributed by atoms with Gasteiger partial charge in [-0.1, -0.05) is 0 Å². The van der Waals surface area contributed by atoms with Crippen molar-refractivity contribution in [3.8, 4) is 0 Å². The third kappa shape index (κ3) is 2.67. The highest BCUT2D eigenvalue weighted by Crippen LogP contribution is 2.44. The van der Waals surface area contributed by atoms with Gasteiger partial charge in [0.2, 0.25) is 5.91 Å². The van der Waals surface area contributed by atoms with E-state index in [1.807, 2.05) is 28.0 Å². The Labute approximate surface area is 145 Å². The second-order valence-electron chi connectivity index (χ2n) is 6.96. The molecule has 0 unspecified atom stereocenters. The van der Waals surface area contributed by atoms with Gasteiger partial charge in [-0.25, -0.2) is 0 Å². The fourth-order valence-corrected chi connectivity index (χ4v) is 3.63. The van der Waals surface area contributed by atoms with Crippen LogP contribution in [0.3, 0.4) is 0 Å². The number of piperazine rings is 1. The second kappa shape index (κ2) is 5.82. The van der Waals surface area contributed by atoms with Crippen molar-refractivity contribution in [1.82, 2.24) is 20.0 Å². The molecular formula is C17H22N6O2. The molecule has 5 N–H and O–H groups in total. The molecule has 2 aliphatic rings. The Balaban J connectivity index is 1.52. The Kier molecular flexibility index (Phi) is 3.73. The van der Waals surface area contributed by atoms with E-state index in [-0.39, 0.29) is 23.9 Å². The SMILES string of the molecule is NC[C@@H](N)C(=O)N1CCN(C(=O)c2ccc3[nH]ncc3c2)CC12CC2. The van der Waals surface area contributed by atoms with Gasteiger partial charge in [0.05, 0.1) is 23.3 Å². The van der Waals surface area contributed by atoms with Gasteiger partial charge in [-0.2, -0.15) is 5.10 Å². The van der Waals surface area contributed by atoms with Gasteiger partial charge in [0.15, 0.2) is 0 Å². The quantitative estimate of drug-likeness (QED) is 0.705. The minimum Gasteiger partial charge on any atom is -0.335 e. The first-order chi connectivity index (χ1) is 12.0. The van der Waals surface area contributed by atoms with Gasteiger partial charge in [0.1, 0.15) is 0 Å². The molecule has 1 saturated carbocycles. The number of rotatable bonds is 3. The Morgan fingerprint density at radius 3 is 2.84 bits per heavy atom. The van der Waals surface area contributed by atoms with Crippen LogP contribution in [0.4, 0.5) is 0 Å². The normalized spacial score (nSPS) is 20.1. The number of hydrogen-bond acceptors (Lipinski definition) is 5. The lowest BCUT2D eigenvalue weighted by atomic mass is 10.1. The summed E-state index contributed by atoms with van der Waals surface area (Å²) in [5, 5.41) is 7.78. The second-order valence-corrected chi connectivity index (χ2v) is 6.96. The van der Waals surface area contributed by atoms with Crippen LogP contribution in [0.25, 0.3) is 10.9 Å². The highest BCUT2D eigenvalue weighted by atomic mass is 16.2. The van der Waals surface area contributed by atoms with Crippen molar-refractivity contribution in [3.05, 3.63) is 30.0 Å². The molecule has 1 aliphatic carbocycles. The molecule has 2 heterocycles. The number of amides is 2. The zero-order valence-corrected chi connectivity index (χ0v) is 13.9. The summed E-state index contributed by atoms with van der Waals surface area (Å²) in [7, 11) is 0. The molecule has 1 saturated heterocycles. The maximum atomic E-state index is 12.9. The molecule has 25 heavy (non-hydrogen) atoms. The summed E-state index contributed by atoms with van der Waals surface area (Å²) < 4.78 is 0. The average Bonchev–Trinajstić information content (AvgIpc) is 3.22. The summed E-state index contributed by atoms with van der Waals surface area (Å²) in [5.41, 5.74) is 12.6. The van der Waals surface area contributed by atoms with E-state index in [9.17, 15) is 9.59 Å². The van der Waals surface area contributed by atoms with Crippen molar-refractivity contribution in [2.24, 2.45) is 11.5 Å². The number of benzene rings is 1. The predicted octanol–water partition coefficient (Wildman–Crippen LogP) is -0.334. The van der Waals surface area contributed by atoms with E-state index in [4.69, 9.17) is 11.5 Å². The number of aromatic nitrogens is 2. The lowest BCUT2D eigenvalue weighted by Gasteiger charge is -2.43. The Morgan fingerprint density at radius 1 is 1.32 bits per heavy atom. The third-order valence-electron chi connectivity index (χ3n) is 5.29. The molecule has 8 nitrogen and oxygen atoms in total. The lowest BCUT2D eigenvalue weighted by Crippen LogP contribution is -2.61. The van der Waals surface area contributed by atoms with Crippen LogP contribution in [0.2, 0.25) is 0 Å². The van der Waals surface area contributed by atoms with Crippen LogP contribution in [-0.2, 0) is 4.79 Å². The van der Waals surface area contributed by atoms with Crippen LogP contribution in [0.1, 0.15) is 23.2 Å². The van der Waals surface area contributed by atoms with E-state index < -0.39 is 6.04 Å². The van der Waals surface area contributed by atoms with Gasteiger partial charge < -0.3 is 21.3 Å². The Bertz CT molecular complexity index is 827. The first-order valence-electron chi connectivity index (χ1n) is 8.54. The van der Waals surface area contributed by atoms with Gasteiger partial charge in [-0.3, -0.25) is 14.7 Å². The summed E-state index contributed by atoms with van der Waals surface area (Å²) in [6.07, 6.45) is 3.51. The van der Waals surface area contributed by atoms with E-state index in [1.54, 1.807) is 6.20 Å². The number of carbonyl (C=O) groups is 2. The first kappa shape index (κ1) is 16.0. The van der Waals surface area contributed by atoms with Crippen molar-refractivity contribution in [3.63, 3.8) is 0 Å². The standard InChI is InChI=1S/C17H22N6O2/c18-8-13(19)16(25)23-6-5-22(10-17(23)3-4-17)15(24)11-1-2-14-12(7-11)9-20-21-14/h1-2,7,9,13H,3-6,8,10,18-19H2,(H,20,21)/t13-/m1/s1. The molecule has 1 aromatic carbocycles. The summed E-state index contributed by atoms with van der Waals surface area (Å²) in [6, 6.07) is 4.86. The average molecular weight is 342 g/mol. The van der Waals surface area contributed by atoms with E-state index >= 15 is 0 Å². The molecule has 1 aliphatic heterocycles. The van der Waals surface area contributed by atoms with Crippen molar-refractivity contribution in [2.75, 3.05) is 26.2 Å². The fourth-order valence-electron chi connectivity index (χ4n) is 3.63. The number of H-pyrrole nitrogens is 1. The highest BCUT2D eigenvalue weighted by molar-refractivity contribution is 5.98. The van der Waals surface area contributed by atoms with E-state index in [0.29, 0.717) is 25.2 Å². The van der Waals surface area contributed by atoms with Gasteiger partial charge in [0.25, 0.3) is 5.91 Å². The Hall–Kier alpha value is -2.45. The van der Waals surface area contributed by atoms with Crippen molar-refractivity contribution >= 4 is 22.7 Å². The summed E-state index contributed by atoms with van der Waals surface area (Å²) >= 11 is 0. The van der Waals surface area contributed by atoms with Crippen LogP contribution in [0.5, 0.6) is 0 Å². The molecule has 1 aromatic heterocycles. The topological polar surface area (TPSA) is 121 Å². The zero-order chi connectivity index (χ0) is 17.6. The zero-order valence-electron chi connectivity index (χ0n) is 13.9. The monoisotopic (exact) mass is 342 g/mol. The van der Waals surface area contributed by atoms with Crippen molar-refractivity contribution in [1.29, 1.82) is 0 Å². The summed E-state index contributed by atoms with van der Waals surface area (Å²) in [6.45, 7) is 1.70. The van der Waals surface area contributed by atoms with Crippen molar-refractivity contribution < 1.29 is 9.59 Å². The molecule has 1 atom stereocenters. The number of hydrogen-bond donors (Lipinski definition) is 3. The summed E-state index contributed by atoms with van der Waals surface area (Å²) in [4.78, 5) is 29.0. The molecular weight excluding hydrogens is 320 g/mol. The molecule has 2 fully saturated rings. The van der Waals surface area contributed by atoms with Gasteiger partial charge in [-0.15, -0.1) is 0 Å². The molecule has 1 spiro atoms. The van der Waals surface area contributed by atoms with Gasteiger partial charge in [-0.05, 0) is 31.0 Å². The molecule has 2 amide bonds.